The Kier molecular flexibility index (Phi) is 7.19. The number of hydrogen-bond acceptors (Lipinski definition) is 8. The molecule has 39 heavy (non-hydrogen) atoms. The summed E-state index contributed by atoms with van der Waals surface area (Å²) in [5, 5.41) is 0.625. The molecule has 0 bridgehead atoms. The third kappa shape index (κ3) is 4.87. The minimum absolute atomic E-state index is 0.190. The van der Waals surface area contributed by atoms with Crippen LogP contribution in [0.3, 0.4) is 0 Å². The van der Waals surface area contributed by atoms with E-state index in [9.17, 15) is 19.2 Å². The first-order valence-corrected chi connectivity index (χ1v) is 14.6. The number of halogens is 2. The molecule has 3 aliphatic heterocycles. The fourth-order valence-corrected chi connectivity index (χ4v) is 7.95. The quantitative estimate of drug-likeness (QED) is 0.441. The molecule has 3 aromatic rings. The van der Waals surface area contributed by atoms with Gasteiger partial charge in [0.2, 0.25) is 11.8 Å². The van der Waals surface area contributed by atoms with Crippen molar-refractivity contribution >= 4 is 69.7 Å². The van der Waals surface area contributed by atoms with Gasteiger partial charge in [-0.2, -0.15) is 0 Å². The molecule has 1 N–H and O–H groups in total. The number of morpholine rings is 1. The van der Waals surface area contributed by atoms with Crippen LogP contribution in [0.5, 0.6) is 5.75 Å². The minimum Gasteiger partial charge on any atom is -0.483 e. The van der Waals surface area contributed by atoms with Crippen LogP contribution in [-0.4, -0.2) is 65.8 Å². The largest absolute Gasteiger partial charge is 0.483 e. The molecule has 13 heteroatoms. The number of H-pyrrole nitrogens is 1. The molecule has 1 aromatic heterocycles. The Bertz CT molecular complexity index is 1520. The van der Waals surface area contributed by atoms with E-state index in [0.29, 0.717) is 63.3 Å². The van der Waals surface area contributed by atoms with Crippen molar-refractivity contribution in [1.29, 1.82) is 0 Å². The zero-order chi connectivity index (χ0) is 27.3. The number of thiazole rings is 1. The summed E-state index contributed by atoms with van der Waals surface area (Å²) in [6.07, 6.45) is 0. The number of nitrogens with one attached hydrogen (secondary N) is 1. The molecule has 9 nitrogen and oxygen atoms in total. The molecule has 0 radical (unpaired) electrons. The second-order valence-electron chi connectivity index (χ2n) is 9.20. The van der Waals surface area contributed by atoms with Crippen LogP contribution in [0, 0.1) is 5.92 Å². The van der Waals surface area contributed by atoms with Crippen molar-refractivity contribution < 1.29 is 23.9 Å². The van der Waals surface area contributed by atoms with E-state index >= 15 is 0 Å². The lowest BCUT2D eigenvalue weighted by Gasteiger charge is -2.31. The Hall–Kier alpha value is -2.83. The van der Waals surface area contributed by atoms with E-state index in [1.54, 1.807) is 47.4 Å². The molecule has 0 spiro atoms. The monoisotopic (exact) mass is 605 g/mol. The molecule has 2 aromatic carbocycles. The normalized spacial score (nSPS) is 22.6. The lowest BCUT2D eigenvalue weighted by atomic mass is 9.82. The number of aromatic nitrogens is 1. The average molecular weight is 607 g/mol. The van der Waals surface area contributed by atoms with Crippen molar-refractivity contribution in [2.75, 3.05) is 37.8 Å². The minimum atomic E-state index is -0.826. The molecule has 3 amide bonds. The van der Waals surface area contributed by atoms with E-state index < -0.39 is 23.0 Å². The maximum absolute atomic E-state index is 13.9. The van der Waals surface area contributed by atoms with Crippen molar-refractivity contribution in [2.24, 2.45) is 5.92 Å². The fraction of sp³-hybridized carbons (Fsp3) is 0.308. The number of imide groups is 1. The van der Waals surface area contributed by atoms with Crippen LogP contribution in [0.15, 0.2) is 52.3 Å². The highest BCUT2D eigenvalue weighted by Crippen LogP contribution is 2.54. The van der Waals surface area contributed by atoms with Crippen LogP contribution < -0.4 is 14.5 Å². The highest BCUT2D eigenvalue weighted by Gasteiger charge is 2.56. The van der Waals surface area contributed by atoms with Gasteiger partial charge < -0.3 is 19.4 Å². The summed E-state index contributed by atoms with van der Waals surface area (Å²) in [4.78, 5) is 58.7. The molecule has 0 aliphatic carbocycles. The highest BCUT2D eigenvalue weighted by molar-refractivity contribution is 8.00. The summed E-state index contributed by atoms with van der Waals surface area (Å²) < 4.78 is 11.3. The van der Waals surface area contributed by atoms with Crippen molar-refractivity contribution in [3.63, 3.8) is 0 Å². The molecule has 202 valence electrons. The number of aromatic amines is 1. The Labute approximate surface area is 241 Å². The Morgan fingerprint density at radius 2 is 1.74 bits per heavy atom. The average Bonchev–Trinajstić information content (AvgIpc) is 3.43. The van der Waals surface area contributed by atoms with Gasteiger partial charge in [0, 0.05) is 39.5 Å². The molecule has 6 rings (SSSR count). The number of anilines is 1. The summed E-state index contributed by atoms with van der Waals surface area (Å²) in [5.74, 6) is -2.14. The van der Waals surface area contributed by atoms with Gasteiger partial charge in [-0.1, -0.05) is 46.3 Å². The van der Waals surface area contributed by atoms with Crippen LogP contribution in [0.2, 0.25) is 10.0 Å². The molecule has 2 fully saturated rings. The molecule has 2 unspecified atom stereocenters. The van der Waals surface area contributed by atoms with Gasteiger partial charge in [-0.3, -0.25) is 19.2 Å². The van der Waals surface area contributed by atoms with Crippen LogP contribution in [0.25, 0.3) is 0 Å². The van der Waals surface area contributed by atoms with Crippen molar-refractivity contribution in [2.45, 2.75) is 16.2 Å². The summed E-state index contributed by atoms with van der Waals surface area (Å²) in [7, 11) is 0. The molecular weight excluding hydrogens is 585 g/mol. The van der Waals surface area contributed by atoms with Crippen LogP contribution in [0.1, 0.15) is 16.4 Å². The highest BCUT2D eigenvalue weighted by atomic mass is 35.5. The standard InChI is InChI=1S/C26H21Cl2N3O6S2/c27-13-1-4-15(5-2-13)31-24(33)20-19(21-23(29-26(35)39-21)38-22(20)25(31)34)16-11-14(28)3-6-17(16)37-12-18(32)30-7-9-36-10-8-30/h1-6,11,19-20,22H,7-10,12H2,(H,29,35)/t19-,20?,22?/m1/s1. The third-order valence-corrected chi connectivity index (χ3v) is 9.82. The lowest BCUT2D eigenvalue weighted by Crippen LogP contribution is -2.43. The van der Waals surface area contributed by atoms with Crippen molar-refractivity contribution in [3.05, 3.63) is 72.6 Å². The number of nitrogens with zero attached hydrogens (tertiary/aromatic N) is 2. The predicted molar refractivity (Wildman–Crippen MR) is 148 cm³/mol. The summed E-state index contributed by atoms with van der Waals surface area (Å²) in [6, 6.07) is 11.4. The predicted octanol–water partition coefficient (Wildman–Crippen LogP) is 3.78. The first-order valence-electron chi connectivity index (χ1n) is 12.1. The number of carbonyl (C=O) groups excluding carboxylic acids is 3. The van der Waals surface area contributed by atoms with E-state index in [-0.39, 0.29) is 23.3 Å². The number of hydrogen-bond donors (Lipinski definition) is 1. The number of fused-ring (bicyclic) bond motifs is 2. The van der Waals surface area contributed by atoms with E-state index in [1.807, 2.05) is 0 Å². The van der Waals surface area contributed by atoms with Gasteiger partial charge in [0.05, 0.1) is 29.8 Å². The second-order valence-corrected chi connectivity index (χ2v) is 12.2. The first kappa shape index (κ1) is 26.4. The smallest absolute Gasteiger partial charge is 0.305 e. The molecular formula is C26H21Cl2N3O6S2. The number of amides is 3. The van der Waals surface area contributed by atoms with E-state index in [1.165, 1.54) is 16.7 Å². The van der Waals surface area contributed by atoms with Crippen LogP contribution >= 0.6 is 46.3 Å². The molecule has 4 heterocycles. The van der Waals surface area contributed by atoms with Gasteiger partial charge in [0.1, 0.15) is 11.0 Å². The maximum atomic E-state index is 13.9. The Morgan fingerprint density at radius 1 is 1.03 bits per heavy atom. The first-order chi connectivity index (χ1) is 18.8. The van der Waals surface area contributed by atoms with Gasteiger partial charge in [0.15, 0.2) is 6.61 Å². The van der Waals surface area contributed by atoms with Gasteiger partial charge in [-0.15, -0.1) is 0 Å². The third-order valence-electron chi connectivity index (χ3n) is 6.93. The van der Waals surface area contributed by atoms with E-state index in [0.717, 1.165) is 11.3 Å². The summed E-state index contributed by atoms with van der Waals surface area (Å²) in [5.41, 5.74) is 0.946. The summed E-state index contributed by atoms with van der Waals surface area (Å²) in [6.45, 7) is 1.69. The molecule has 0 saturated carbocycles. The topological polar surface area (TPSA) is 109 Å². The number of ether oxygens (including phenoxy) is 2. The van der Waals surface area contributed by atoms with Crippen LogP contribution in [-0.2, 0) is 19.1 Å². The molecule has 3 aliphatic rings. The fourth-order valence-electron chi connectivity index (χ4n) is 5.13. The number of carbonyl (C=O) groups is 3. The maximum Gasteiger partial charge on any atom is 0.305 e. The number of thioether (sulfide) groups is 1. The lowest BCUT2D eigenvalue weighted by molar-refractivity contribution is -0.137. The van der Waals surface area contributed by atoms with Gasteiger partial charge in [-0.05, 0) is 42.5 Å². The van der Waals surface area contributed by atoms with Gasteiger partial charge in [0.25, 0.3) is 5.91 Å². The van der Waals surface area contributed by atoms with Crippen molar-refractivity contribution in [3.8, 4) is 5.75 Å². The zero-order valence-corrected chi connectivity index (χ0v) is 23.4. The van der Waals surface area contributed by atoms with Crippen molar-refractivity contribution in [1.82, 2.24) is 9.88 Å². The van der Waals surface area contributed by atoms with E-state index in [2.05, 4.69) is 4.98 Å². The number of benzene rings is 2. The second kappa shape index (κ2) is 10.6. The van der Waals surface area contributed by atoms with E-state index in [4.69, 9.17) is 32.7 Å². The number of rotatable bonds is 5. The zero-order valence-electron chi connectivity index (χ0n) is 20.2. The summed E-state index contributed by atoms with van der Waals surface area (Å²) >= 11 is 14.6. The van der Waals surface area contributed by atoms with Gasteiger partial charge >= 0.3 is 4.87 Å². The van der Waals surface area contributed by atoms with Crippen LogP contribution in [0.4, 0.5) is 5.69 Å². The molecule has 2 saturated heterocycles. The SMILES string of the molecule is O=C(COc1ccc(Cl)cc1[C@H]1c2sc(=O)[nH]c2SC2C(=O)N(c3ccc(Cl)cc3)C(=O)C21)N1CCOCC1. The van der Waals surface area contributed by atoms with Gasteiger partial charge in [-0.25, -0.2) is 4.90 Å². The molecule has 3 atom stereocenters. The Morgan fingerprint density at radius 3 is 2.49 bits per heavy atom. The Balaban J connectivity index is 1.39.